The van der Waals surface area contributed by atoms with Gasteiger partial charge in [0.05, 0.1) is 28.6 Å². The van der Waals surface area contributed by atoms with Gasteiger partial charge < -0.3 is 19.8 Å². The molecule has 9 heteroatoms. The van der Waals surface area contributed by atoms with Gasteiger partial charge in [-0.25, -0.2) is 13.2 Å². The van der Waals surface area contributed by atoms with Crippen LogP contribution in [0.4, 0.5) is 0 Å². The Morgan fingerprint density at radius 1 is 1.13 bits per heavy atom. The molecule has 2 fully saturated rings. The zero-order chi connectivity index (χ0) is 21.1. The highest BCUT2D eigenvalue weighted by Crippen LogP contribution is 2.51. The number of sulfonamides is 1. The molecule has 0 bridgehead atoms. The van der Waals surface area contributed by atoms with Crippen LogP contribution in [-0.4, -0.2) is 48.0 Å². The van der Waals surface area contributed by atoms with Crippen LogP contribution in [0.1, 0.15) is 18.4 Å². The summed E-state index contributed by atoms with van der Waals surface area (Å²) in [5, 5.41) is 11.5. The molecule has 30 heavy (non-hydrogen) atoms. The van der Waals surface area contributed by atoms with Gasteiger partial charge in [-0.05, 0) is 54.7 Å². The molecular formula is C21H23N3O5S. The van der Waals surface area contributed by atoms with Crippen LogP contribution in [-0.2, 0) is 15.6 Å². The van der Waals surface area contributed by atoms with Crippen molar-refractivity contribution in [3.8, 4) is 5.75 Å². The van der Waals surface area contributed by atoms with Gasteiger partial charge in [0.2, 0.25) is 10.0 Å². The van der Waals surface area contributed by atoms with Gasteiger partial charge in [0.25, 0.3) is 0 Å². The Kier molecular flexibility index (Phi) is 4.32. The summed E-state index contributed by atoms with van der Waals surface area (Å²) < 4.78 is 33.3. The molecule has 2 aromatic carbocycles. The molecule has 1 aliphatic carbocycles. The third kappa shape index (κ3) is 2.88. The SMILES string of the molecule is COc1cccc([C@]2(O)CC[C@@H]3CN(S(=O)(=O)c4ccc5[nH]c(=O)[nH]c5c4)C[C@H]32)c1. The summed E-state index contributed by atoms with van der Waals surface area (Å²) in [7, 11) is -2.16. The fourth-order valence-electron chi connectivity index (χ4n) is 5.02. The van der Waals surface area contributed by atoms with Gasteiger partial charge in [-0.3, -0.25) is 0 Å². The van der Waals surface area contributed by atoms with E-state index in [1.54, 1.807) is 13.2 Å². The number of hydrogen-bond donors (Lipinski definition) is 3. The average molecular weight is 429 g/mol. The largest absolute Gasteiger partial charge is 0.497 e. The van der Waals surface area contributed by atoms with Crippen LogP contribution >= 0.6 is 0 Å². The second-order valence-corrected chi connectivity index (χ2v) is 10.1. The summed E-state index contributed by atoms with van der Waals surface area (Å²) in [6.45, 7) is 0.628. The van der Waals surface area contributed by atoms with Crippen molar-refractivity contribution >= 4 is 21.1 Å². The molecule has 1 aromatic heterocycles. The number of hydrogen-bond acceptors (Lipinski definition) is 5. The highest BCUT2D eigenvalue weighted by atomic mass is 32.2. The Morgan fingerprint density at radius 2 is 1.93 bits per heavy atom. The highest BCUT2D eigenvalue weighted by molar-refractivity contribution is 7.89. The Balaban J connectivity index is 1.46. The number of aliphatic hydroxyl groups is 1. The molecule has 2 aliphatic rings. The smallest absolute Gasteiger partial charge is 0.323 e. The molecule has 3 N–H and O–H groups in total. The Hall–Kier alpha value is -2.62. The minimum absolute atomic E-state index is 0.0896. The van der Waals surface area contributed by atoms with Crippen LogP contribution in [0.25, 0.3) is 11.0 Å². The number of imidazole rings is 1. The molecule has 8 nitrogen and oxygen atoms in total. The van der Waals surface area contributed by atoms with E-state index in [2.05, 4.69) is 9.97 Å². The third-order valence-electron chi connectivity index (χ3n) is 6.61. The molecule has 1 saturated heterocycles. The number of benzene rings is 2. The molecule has 1 aliphatic heterocycles. The van der Waals surface area contributed by atoms with E-state index in [9.17, 15) is 18.3 Å². The van der Waals surface area contributed by atoms with Crippen molar-refractivity contribution in [1.29, 1.82) is 0 Å². The highest BCUT2D eigenvalue weighted by Gasteiger charge is 2.54. The Bertz CT molecular complexity index is 1280. The first-order chi connectivity index (χ1) is 14.3. The predicted octanol–water partition coefficient (Wildman–Crippen LogP) is 1.78. The minimum Gasteiger partial charge on any atom is -0.497 e. The normalized spacial score (nSPS) is 26.9. The second-order valence-electron chi connectivity index (χ2n) is 8.17. The molecule has 0 spiro atoms. The summed E-state index contributed by atoms with van der Waals surface area (Å²) in [6, 6.07) is 11.9. The zero-order valence-electron chi connectivity index (χ0n) is 16.5. The molecule has 1 saturated carbocycles. The first kappa shape index (κ1) is 19.3. The van der Waals surface area contributed by atoms with E-state index < -0.39 is 15.6 Å². The van der Waals surface area contributed by atoms with E-state index in [4.69, 9.17) is 4.74 Å². The van der Waals surface area contributed by atoms with Gasteiger partial charge in [-0.1, -0.05) is 12.1 Å². The van der Waals surface area contributed by atoms with Crippen LogP contribution < -0.4 is 10.4 Å². The number of H-pyrrole nitrogens is 2. The van der Waals surface area contributed by atoms with Crippen LogP contribution in [0, 0.1) is 11.8 Å². The molecule has 158 valence electrons. The summed E-state index contributed by atoms with van der Waals surface area (Å²) in [5.41, 5.74) is 0.316. The van der Waals surface area contributed by atoms with Crippen molar-refractivity contribution in [1.82, 2.24) is 14.3 Å². The lowest BCUT2D eigenvalue weighted by molar-refractivity contribution is -0.00416. The lowest BCUT2D eigenvalue weighted by Gasteiger charge is -2.31. The van der Waals surface area contributed by atoms with Crippen LogP contribution in [0.5, 0.6) is 5.75 Å². The molecule has 3 atom stereocenters. The molecule has 0 radical (unpaired) electrons. The quantitative estimate of drug-likeness (QED) is 0.585. The van der Waals surface area contributed by atoms with Crippen molar-refractivity contribution in [2.45, 2.75) is 23.3 Å². The van der Waals surface area contributed by atoms with Crippen molar-refractivity contribution in [2.24, 2.45) is 11.8 Å². The molecule has 2 heterocycles. The van der Waals surface area contributed by atoms with E-state index in [0.29, 0.717) is 29.7 Å². The number of aromatic amines is 2. The van der Waals surface area contributed by atoms with Gasteiger partial charge in [0.1, 0.15) is 5.75 Å². The van der Waals surface area contributed by atoms with E-state index in [-0.39, 0.29) is 29.0 Å². The van der Waals surface area contributed by atoms with E-state index in [0.717, 1.165) is 12.0 Å². The molecule has 0 amide bonds. The van der Waals surface area contributed by atoms with Crippen molar-refractivity contribution < 1.29 is 18.3 Å². The summed E-state index contributed by atoms with van der Waals surface area (Å²) in [5.74, 6) is 0.572. The maximum atomic E-state index is 13.3. The Morgan fingerprint density at radius 3 is 2.73 bits per heavy atom. The first-order valence-corrected chi connectivity index (χ1v) is 11.3. The molecule has 3 aromatic rings. The number of ether oxygens (including phenoxy) is 1. The lowest BCUT2D eigenvalue weighted by atomic mass is 9.82. The first-order valence-electron chi connectivity index (χ1n) is 9.90. The van der Waals surface area contributed by atoms with Gasteiger partial charge in [0.15, 0.2) is 0 Å². The standard InChI is InChI=1S/C21H23N3O5S/c1-29-15-4-2-3-14(9-15)21(26)8-7-13-11-24(12-17(13)21)30(27,28)16-5-6-18-19(10-16)23-20(25)22-18/h2-6,9-10,13,17,26H,7-8,11-12H2,1H3,(H2,22,23,25)/t13-,17-,21-/m1/s1. The molecule has 0 unspecified atom stereocenters. The predicted molar refractivity (Wildman–Crippen MR) is 111 cm³/mol. The maximum absolute atomic E-state index is 13.3. The van der Waals surface area contributed by atoms with E-state index in [1.807, 2.05) is 24.3 Å². The number of fused-ring (bicyclic) bond motifs is 2. The maximum Gasteiger partial charge on any atom is 0.323 e. The van der Waals surface area contributed by atoms with E-state index >= 15 is 0 Å². The van der Waals surface area contributed by atoms with Gasteiger partial charge in [-0.2, -0.15) is 4.31 Å². The number of aromatic nitrogens is 2. The monoisotopic (exact) mass is 429 g/mol. The minimum atomic E-state index is -3.75. The van der Waals surface area contributed by atoms with Crippen molar-refractivity contribution in [3.05, 3.63) is 58.5 Å². The summed E-state index contributed by atoms with van der Waals surface area (Å²) in [4.78, 5) is 16.8. The Labute approximate surface area is 173 Å². The molecule has 5 rings (SSSR count). The fraction of sp³-hybridized carbons (Fsp3) is 0.381. The number of methoxy groups -OCH3 is 1. The van der Waals surface area contributed by atoms with Gasteiger partial charge >= 0.3 is 5.69 Å². The van der Waals surface area contributed by atoms with Crippen LogP contribution in [0.3, 0.4) is 0 Å². The van der Waals surface area contributed by atoms with Crippen LogP contribution in [0.15, 0.2) is 52.2 Å². The average Bonchev–Trinajstić information content (AvgIpc) is 3.42. The summed E-state index contributed by atoms with van der Waals surface area (Å²) >= 11 is 0. The number of rotatable bonds is 4. The molecular weight excluding hydrogens is 406 g/mol. The summed E-state index contributed by atoms with van der Waals surface area (Å²) in [6.07, 6.45) is 1.36. The number of nitrogens with zero attached hydrogens (tertiary/aromatic N) is 1. The van der Waals surface area contributed by atoms with Crippen molar-refractivity contribution in [2.75, 3.05) is 20.2 Å². The zero-order valence-corrected chi connectivity index (χ0v) is 17.3. The topological polar surface area (TPSA) is 115 Å². The fourth-order valence-corrected chi connectivity index (χ4v) is 6.57. The van der Waals surface area contributed by atoms with E-state index in [1.165, 1.54) is 16.4 Å². The van der Waals surface area contributed by atoms with Gasteiger partial charge in [-0.15, -0.1) is 0 Å². The van der Waals surface area contributed by atoms with Gasteiger partial charge in [0, 0.05) is 19.0 Å². The lowest BCUT2D eigenvalue weighted by Crippen LogP contribution is -2.36. The van der Waals surface area contributed by atoms with Crippen LogP contribution in [0.2, 0.25) is 0 Å². The van der Waals surface area contributed by atoms with Crippen molar-refractivity contribution in [3.63, 3.8) is 0 Å². The third-order valence-corrected chi connectivity index (χ3v) is 8.44. The number of nitrogens with one attached hydrogen (secondary N) is 2. The second kappa shape index (κ2) is 6.69.